The van der Waals surface area contributed by atoms with Crippen LogP contribution in [-0.4, -0.2) is 35.8 Å². The number of rotatable bonds is 12. The van der Waals surface area contributed by atoms with E-state index in [1.807, 2.05) is 0 Å². The number of unbranched alkanes of at least 4 members (excludes halogenated alkanes) is 3. The van der Waals surface area contributed by atoms with Crippen molar-refractivity contribution in [2.24, 2.45) is 11.5 Å². The highest BCUT2D eigenvalue weighted by Gasteiger charge is 2.39. The van der Waals surface area contributed by atoms with Crippen LogP contribution in [0, 0.1) is 0 Å². The van der Waals surface area contributed by atoms with Crippen molar-refractivity contribution < 1.29 is 13.3 Å². The second-order valence-electron chi connectivity index (χ2n) is 4.49. The SMILES string of the molecule is CCCCCCC(N)O[Si](CCCN)(OC)OC. The third-order valence-electron chi connectivity index (χ3n) is 2.98. The van der Waals surface area contributed by atoms with E-state index in [4.69, 9.17) is 24.7 Å². The van der Waals surface area contributed by atoms with Gasteiger partial charge in [-0.05, 0) is 25.8 Å². The average molecular weight is 278 g/mol. The molecule has 0 saturated heterocycles. The van der Waals surface area contributed by atoms with Gasteiger partial charge in [0.15, 0.2) is 0 Å². The summed E-state index contributed by atoms with van der Waals surface area (Å²) in [6.45, 7) is 2.80. The molecular formula is C12H30N2O3Si. The molecule has 4 N–H and O–H groups in total. The van der Waals surface area contributed by atoms with E-state index in [2.05, 4.69) is 6.92 Å². The zero-order valence-electron chi connectivity index (χ0n) is 12.1. The molecule has 0 amide bonds. The highest BCUT2D eigenvalue weighted by molar-refractivity contribution is 6.60. The maximum Gasteiger partial charge on any atom is 0.501 e. The van der Waals surface area contributed by atoms with Crippen LogP contribution in [-0.2, 0) is 13.3 Å². The minimum Gasteiger partial charge on any atom is -0.377 e. The summed E-state index contributed by atoms with van der Waals surface area (Å²) < 4.78 is 16.7. The molecule has 5 nitrogen and oxygen atoms in total. The Hall–Kier alpha value is 0.0169. The largest absolute Gasteiger partial charge is 0.501 e. The fourth-order valence-electron chi connectivity index (χ4n) is 1.82. The summed E-state index contributed by atoms with van der Waals surface area (Å²) in [5.74, 6) is 0. The van der Waals surface area contributed by atoms with Gasteiger partial charge in [-0.3, -0.25) is 0 Å². The maximum absolute atomic E-state index is 5.99. The molecule has 1 atom stereocenters. The summed E-state index contributed by atoms with van der Waals surface area (Å²) in [6.07, 6.45) is 6.14. The lowest BCUT2D eigenvalue weighted by atomic mass is 10.1. The Morgan fingerprint density at radius 1 is 1.06 bits per heavy atom. The Labute approximate surface area is 113 Å². The van der Waals surface area contributed by atoms with Crippen molar-refractivity contribution in [3.05, 3.63) is 0 Å². The lowest BCUT2D eigenvalue weighted by molar-refractivity contribution is 0.0524. The minimum atomic E-state index is -2.60. The molecule has 0 rings (SSSR count). The molecule has 0 fully saturated rings. The molecule has 0 aromatic rings. The molecule has 110 valence electrons. The van der Waals surface area contributed by atoms with Gasteiger partial charge in [0.2, 0.25) is 0 Å². The van der Waals surface area contributed by atoms with Gasteiger partial charge in [0.1, 0.15) is 0 Å². The van der Waals surface area contributed by atoms with Gasteiger partial charge in [-0.15, -0.1) is 0 Å². The van der Waals surface area contributed by atoms with Crippen LogP contribution < -0.4 is 11.5 Å². The number of hydrogen-bond donors (Lipinski definition) is 2. The molecule has 1 unspecified atom stereocenters. The predicted octanol–water partition coefficient (Wildman–Crippen LogP) is 1.84. The van der Waals surface area contributed by atoms with E-state index in [1.54, 1.807) is 14.2 Å². The first-order chi connectivity index (χ1) is 8.64. The summed E-state index contributed by atoms with van der Waals surface area (Å²) >= 11 is 0. The van der Waals surface area contributed by atoms with Crippen molar-refractivity contribution in [2.75, 3.05) is 20.8 Å². The Morgan fingerprint density at radius 3 is 2.22 bits per heavy atom. The van der Waals surface area contributed by atoms with Crippen LogP contribution in [0.3, 0.4) is 0 Å². The normalized spacial score (nSPS) is 13.8. The molecule has 0 aliphatic carbocycles. The molecule has 0 aliphatic rings. The van der Waals surface area contributed by atoms with Gasteiger partial charge in [0, 0.05) is 20.3 Å². The van der Waals surface area contributed by atoms with Gasteiger partial charge in [-0.2, -0.15) is 0 Å². The van der Waals surface area contributed by atoms with Crippen LogP contribution in [0.1, 0.15) is 45.4 Å². The third kappa shape index (κ3) is 7.45. The van der Waals surface area contributed by atoms with Crippen molar-refractivity contribution in [1.82, 2.24) is 0 Å². The van der Waals surface area contributed by atoms with E-state index in [0.29, 0.717) is 6.54 Å². The Morgan fingerprint density at radius 2 is 1.72 bits per heavy atom. The van der Waals surface area contributed by atoms with Crippen molar-refractivity contribution in [1.29, 1.82) is 0 Å². The molecule has 0 radical (unpaired) electrons. The van der Waals surface area contributed by atoms with E-state index in [0.717, 1.165) is 25.3 Å². The third-order valence-corrected chi connectivity index (χ3v) is 5.85. The molecule has 0 heterocycles. The number of hydrogen-bond acceptors (Lipinski definition) is 5. The van der Waals surface area contributed by atoms with Gasteiger partial charge in [0.25, 0.3) is 0 Å². The summed E-state index contributed by atoms with van der Waals surface area (Å²) in [7, 11) is 0.641. The van der Waals surface area contributed by atoms with Crippen LogP contribution in [0.4, 0.5) is 0 Å². The van der Waals surface area contributed by atoms with Crippen LogP contribution in [0.2, 0.25) is 6.04 Å². The summed E-state index contributed by atoms with van der Waals surface area (Å²) in [6, 6.07) is 0.721. The molecule has 0 aromatic carbocycles. The van der Waals surface area contributed by atoms with E-state index in [1.165, 1.54) is 19.3 Å². The lowest BCUT2D eigenvalue weighted by Gasteiger charge is -2.29. The Kier molecular flexibility index (Phi) is 10.9. The van der Waals surface area contributed by atoms with E-state index in [-0.39, 0.29) is 6.23 Å². The van der Waals surface area contributed by atoms with Crippen LogP contribution in [0.15, 0.2) is 0 Å². The average Bonchev–Trinajstić information content (AvgIpc) is 2.40. The second-order valence-corrected chi connectivity index (χ2v) is 7.41. The summed E-state index contributed by atoms with van der Waals surface area (Å²) in [5, 5.41) is 0. The van der Waals surface area contributed by atoms with Crippen molar-refractivity contribution >= 4 is 8.80 Å². The predicted molar refractivity (Wildman–Crippen MR) is 76.1 cm³/mol. The van der Waals surface area contributed by atoms with Gasteiger partial charge in [-0.1, -0.05) is 26.2 Å². The minimum absolute atomic E-state index is 0.300. The molecule has 6 heteroatoms. The monoisotopic (exact) mass is 278 g/mol. The molecule has 0 aromatic heterocycles. The number of nitrogens with two attached hydrogens (primary N) is 2. The zero-order valence-corrected chi connectivity index (χ0v) is 13.1. The van der Waals surface area contributed by atoms with Crippen molar-refractivity contribution in [2.45, 2.75) is 57.7 Å². The Balaban J connectivity index is 4.05. The first-order valence-corrected chi connectivity index (χ1v) is 8.81. The topological polar surface area (TPSA) is 79.7 Å². The van der Waals surface area contributed by atoms with Crippen molar-refractivity contribution in [3.63, 3.8) is 0 Å². The van der Waals surface area contributed by atoms with Gasteiger partial charge < -0.3 is 24.7 Å². The highest BCUT2D eigenvalue weighted by atomic mass is 28.4. The standard InChI is InChI=1S/C12H30N2O3Si/c1-4-5-6-7-9-12(14)17-18(15-2,16-3)11-8-10-13/h12H,4-11,13-14H2,1-3H3. The quantitative estimate of drug-likeness (QED) is 0.323. The van der Waals surface area contributed by atoms with Crippen LogP contribution in [0.25, 0.3) is 0 Å². The fourth-order valence-corrected chi connectivity index (χ4v) is 3.92. The van der Waals surface area contributed by atoms with Crippen molar-refractivity contribution in [3.8, 4) is 0 Å². The smallest absolute Gasteiger partial charge is 0.377 e. The van der Waals surface area contributed by atoms with Gasteiger partial charge in [-0.25, -0.2) is 0 Å². The molecular weight excluding hydrogens is 248 g/mol. The summed E-state index contributed by atoms with van der Waals surface area (Å²) in [5.41, 5.74) is 11.5. The summed E-state index contributed by atoms with van der Waals surface area (Å²) in [4.78, 5) is 0. The first kappa shape index (κ1) is 18.0. The van der Waals surface area contributed by atoms with Gasteiger partial charge in [0.05, 0.1) is 6.23 Å². The first-order valence-electron chi connectivity index (χ1n) is 6.88. The van der Waals surface area contributed by atoms with E-state index < -0.39 is 8.80 Å². The van der Waals surface area contributed by atoms with Gasteiger partial charge >= 0.3 is 8.80 Å². The Bertz CT molecular complexity index is 192. The van der Waals surface area contributed by atoms with Crippen LogP contribution >= 0.6 is 0 Å². The second kappa shape index (κ2) is 10.9. The van der Waals surface area contributed by atoms with Crippen LogP contribution in [0.5, 0.6) is 0 Å². The molecule has 0 spiro atoms. The molecule has 0 aliphatic heterocycles. The molecule has 0 saturated carbocycles. The lowest BCUT2D eigenvalue weighted by Crippen LogP contribution is -2.49. The zero-order chi connectivity index (χ0) is 13.9. The fraction of sp³-hybridized carbons (Fsp3) is 1.00. The highest BCUT2D eigenvalue weighted by Crippen LogP contribution is 2.18. The maximum atomic E-state index is 5.99. The molecule has 18 heavy (non-hydrogen) atoms. The molecule has 0 bridgehead atoms. The van der Waals surface area contributed by atoms with E-state index in [9.17, 15) is 0 Å². The van der Waals surface area contributed by atoms with E-state index >= 15 is 0 Å².